The maximum absolute atomic E-state index is 6.11. The van der Waals surface area contributed by atoms with Gasteiger partial charge in [-0.2, -0.15) is 10.1 Å². The molecule has 5 heteroatoms. The summed E-state index contributed by atoms with van der Waals surface area (Å²) in [6.45, 7) is 7.91. The maximum atomic E-state index is 6.11. The second kappa shape index (κ2) is 4.45. The van der Waals surface area contributed by atoms with Gasteiger partial charge in [0.1, 0.15) is 5.15 Å². The fourth-order valence-electron chi connectivity index (χ4n) is 1.79. The van der Waals surface area contributed by atoms with Crippen molar-refractivity contribution in [3.63, 3.8) is 0 Å². The molecule has 2 aromatic heterocycles. The third kappa shape index (κ3) is 2.17. The first kappa shape index (κ1) is 12.0. The highest BCUT2D eigenvalue weighted by Gasteiger charge is 2.11. The summed E-state index contributed by atoms with van der Waals surface area (Å²) in [7, 11) is 0. The summed E-state index contributed by atoms with van der Waals surface area (Å²) in [6.07, 6.45) is 0.834. The molecule has 0 aliphatic carbocycles. The summed E-state index contributed by atoms with van der Waals surface area (Å²) in [5.41, 5.74) is 3.86. The van der Waals surface area contributed by atoms with Crippen molar-refractivity contribution < 1.29 is 0 Å². The minimum Gasteiger partial charge on any atom is -0.216 e. The van der Waals surface area contributed by atoms with Crippen LogP contribution in [0.15, 0.2) is 6.07 Å². The third-order valence-corrected chi connectivity index (χ3v) is 3.08. The van der Waals surface area contributed by atoms with E-state index < -0.39 is 0 Å². The molecule has 2 rings (SSSR count). The topological polar surface area (TPSA) is 43.6 Å². The number of rotatable bonds is 2. The molecule has 2 heterocycles. The van der Waals surface area contributed by atoms with Crippen molar-refractivity contribution in [3.05, 3.63) is 33.9 Å². The minimum absolute atomic E-state index is 0.499. The molecule has 0 unspecified atom stereocenters. The van der Waals surface area contributed by atoms with Gasteiger partial charge in [-0.3, -0.25) is 0 Å². The van der Waals surface area contributed by atoms with E-state index in [2.05, 4.69) is 22.0 Å². The first-order valence-corrected chi connectivity index (χ1v) is 5.97. The fraction of sp³-hybridized carbons (Fsp3) is 0.417. The molecule has 2 aromatic rings. The summed E-state index contributed by atoms with van der Waals surface area (Å²) in [5, 5.41) is 4.86. The molecule has 0 saturated carbocycles. The zero-order chi connectivity index (χ0) is 12.6. The van der Waals surface area contributed by atoms with E-state index in [0.717, 1.165) is 29.1 Å². The lowest BCUT2D eigenvalue weighted by atomic mass is 10.2. The molecule has 0 saturated heterocycles. The van der Waals surface area contributed by atoms with E-state index in [0.29, 0.717) is 11.1 Å². The quantitative estimate of drug-likeness (QED) is 0.770. The normalized spacial score (nSPS) is 10.9. The van der Waals surface area contributed by atoms with Crippen LogP contribution in [0.3, 0.4) is 0 Å². The van der Waals surface area contributed by atoms with E-state index in [1.54, 1.807) is 4.68 Å². The number of hydrogen-bond acceptors (Lipinski definition) is 3. The molecule has 0 radical (unpaired) electrons. The Morgan fingerprint density at radius 1 is 1.24 bits per heavy atom. The van der Waals surface area contributed by atoms with Crippen molar-refractivity contribution in [2.24, 2.45) is 0 Å². The average molecular weight is 251 g/mol. The molecule has 0 amide bonds. The maximum Gasteiger partial charge on any atom is 0.252 e. The number of halogens is 1. The molecular weight excluding hydrogens is 236 g/mol. The molecular formula is C12H15ClN4. The predicted molar refractivity (Wildman–Crippen MR) is 67.8 cm³/mol. The Labute approximate surface area is 106 Å². The highest BCUT2D eigenvalue weighted by atomic mass is 35.5. The first-order chi connectivity index (χ1) is 8.02. The molecule has 0 fully saturated rings. The second-order valence-corrected chi connectivity index (χ2v) is 4.44. The van der Waals surface area contributed by atoms with Crippen LogP contribution in [0.25, 0.3) is 5.95 Å². The zero-order valence-electron chi connectivity index (χ0n) is 10.5. The van der Waals surface area contributed by atoms with Crippen LogP contribution in [0.1, 0.15) is 29.6 Å². The summed E-state index contributed by atoms with van der Waals surface area (Å²) in [4.78, 5) is 8.78. The average Bonchev–Trinajstić information content (AvgIpc) is 2.61. The van der Waals surface area contributed by atoms with Crippen molar-refractivity contribution >= 4 is 11.6 Å². The van der Waals surface area contributed by atoms with Gasteiger partial charge in [-0.25, -0.2) is 9.67 Å². The monoisotopic (exact) mass is 250 g/mol. The molecule has 17 heavy (non-hydrogen) atoms. The van der Waals surface area contributed by atoms with Crippen molar-refractivity contribution in [1.82, 2.24) is 19.7 Å². The first-order valence-electron chi connectivity index (χ1n) is 5.59. The van der Waals surface area contributed by atoms with Crippen molar-refractivity contribution in [3.8, 4) is 5.95 Å². The third-order valence-electron chi connectivity index (χ3n) is 2.71. The summed E-state index contributed by atoms with van der Waals surface area (Å²) < 4.78 is 1.72. The van der Waals surface area contributed by atoms with Crippen molar-refractivity contribution in [2.45, 2.75) is 34.1 Å². The van der Waals surface area contributed by atoms with Crippen molar-refractivity contribution in [2.75, 3.05) is 0 Å². The summed E-state index contributed by atoms with van der Waals surface area (Å²) >= 11 is 6.11. The van der Waals surface area contributed by atoms with E-state index in [-0.39, 0.29) is 0 Å². The molecule has 0 N–H and O–H groups in total. The largest absolute Gasteiger partial charge is 0.252 e. The van der Waals surface area contributed by atoms with Crippen LogP contribution in [0.2, 0.25) is 5.15 Å². The Bertz CT molecular complexity index is 560. The Morgan fingerprint density at radius 2 is 1.94 bits per heavy atom. The van der Waals surface area contributed by atoms with Crippen LogP contribution in [0.4, 0.5) is 0 Å². The summed E-state index contributed by atoms with van der Waals surface area (Å²) in [5.74, 6) is 0.544. The van der Waals surface area contributed by atoms with Crippen LogP contribution in [-0.2, 0) is 6.42 Å². The molecule has 4 nitrogen and oxygen atoms in total. The van der Waals surface area contributed by atoms with Gasteiger partial charge >= 0.3 is 0 Å². The van der Waals surface area contributed by atoms with Gasteiger partial charge in [0, 0.05) is 11.3 Å². The van der Waals surface area contributed by atoms with E-state index in [4.69, 9.17) is 11.6 Å². The Kier molecular flexibility index (Phi) is 3.15. The lowest BCUT2D eigenvalue weighted by molar-refractivity contribution is 0.759. The SMILES string of the molecule is CCc1nc(-n2nc(C)cc2C)nc(Cl)c1C. The van der Waals surface area contributed by atoms with Gasteiger partial charge in [0.15, 0.2) is 0 Å². The zero-order valence-corrected chi connectivity index (χ0v) is 11.2. The predicted octanol–water partition coefficient (Wildman–Crippen LogP) is 2.80. The number of nitrogens with zero attached hydrogens (tertiary/aromatic N) is 4. The van der Waals surface area contributed by atoms with E-state index in [1.807, 2.05) is 26.8 Å². The van der Waals surface area contributed by atoms with Crippen LogP contribution in [-0.4, -0.2) is 19.7 Å². The van der Waals surface area contributed by atoms with Gasteiger partial charge in [-0.05, 0) is 33.3 Å². The Hall–Kier alpha value is -1.42. The molecule has 0 bridgehead atoms. The molecule has 0 spiro atoms. The smallest absolute Gasteiger partial charge is 0.216 e. The lowest BCUT2D eigenvalue weighted by Crippen LogP contribution is -2.08. The molecule has 0 aliphatic heterocycles. The van der Waals surface area contributed by atoms with Crippen LogP contribution in [0, 0.1) is 20.8 Å². The van der Waals surface area contributed by atoms with Crippen molar-refractivity contribution in [1.29, 1.82) is 0 Å². The molecule has 0 aliphatic rings. The molecule has 0 aromatic carbocycles. The minimum atomic E-state index is 0.499. The lowest BCUT2D eigenvalue weighted by Gasteiger charge is -2.08. The Morgan fingerprint density at radius 3 is 2.47 bits per heavy atom. The number of hydrogen-bond donors (Lipinski definition) is 0. The second-order valence-electron chi connectivity index (χ2n) is 4.08. The van der Waals surface area contributed by atoms with Gasteiger partial charge in [0.2, 0.25) is 0 Å². The number of aryl methyl sites for hydroxylation is 3. The standard InChI is InChI=1S/C12H15ClN4/c1-5-10-9(4)11(13)15-12(14-10)17-8(3)6-7(2)16-17/h6H,5H2,1-4H3. The van der Waals surface area contributed by atoms with Gasteiger partial charge in [-0.15, -0.1) is 0 Å². The van der Waals surface area contributed by atoms with Crippen LogP contribution < -0.4 is 0 Å². The Balaban J connectivity index is 2.60. The van der Waals surface area contributed by atoms with E-state index >= 15 is 0 Å². The highest BCUT2D eigenvalue weighted by Crippen LogP contribution is 2.18. The van der Waals surface area contributed by atoms with Gasteiger partial charge in [-0.1, -0.05) is 18.5 Å². The van der Waals surface area contributed by atoms with Crippen LogP contribution >= 0.6 is 11.6 Å². The number of aromatic nitrogens is 4. The van der Waals surface area contributed by atoms with E-state index in [9.17, 15) is 0 Å². The van der Waals surface area contributed by atoms with Crippen LogP contribution in [0.5, 0.6) is 0 Å². The van der Waals surface area contributed by atoms with Gasteiger partial charge in [0.05, 0.1) is 11.4 Å². The molecule has 0 atom stereocenters. The van der Waals surface area contributed by atoms with Gasteiger partial charge < -0.3 is 0 Å². The van der Waals surface area contributed by atoms with Gasteiger partial charge in [0.25, 0.3) is 5.95 Å². The van der Waals surface area contributed by atoms with E-state index in [1.165, 1.54) is 0 Å². The molecule has 90 valence electrons. The fourth-order valence-corrected chi connectivity index (χ4v) is 1.98. The highest BCUT2D eigenvalue weighted by molar-refractivity contribution is 6.30. The summed E-state index contributed by atoms with van der Waals surface area (Å²) in [6, 6.07) is 1.99.